The van der Waals surface area contributed by atoms with Gasteiger partial charge in [-0.25, -0.2) is 4.79 Å². The van der Waals surface area contributed by atoms with Gasteiger partial charge in [-0.05, 0) is 10.6 Å². The Bertz CT molecular complexity index is 677. The van der Waals surface area contributed by atoms with Crippen LogP contribution in [0.2, 0.25) is 0 Å². The van der Waals surface area contributed by atoms with Crippen LogP contribution in [-0.4, -0.2) is 51.8 Å². The third-order valence-electron chi connectivity index (χ3n) is 3.03. The molecule has 1 aromatic rings. The Kier molecular flexibility index (Phi) is 4.40. The van der Waals surface area contributed by atoms with Gasteiger partial charge < -0.3 is 19.7 Å². The second-order valence-corrected chi connectivity index (χ2v) is 4.36. The molecule has 0 aromatic carbocycles. The number of hydrogen-bond acceptors (Lipinski definition) is 7. The Morgan fingerprint density at radius 3 is 2.86 bits per heavy atom. The SMILES string of the molecule is COC[C@H]1O[C@@H](n2c(N=[N+]=[N-])cc(=O)[nH]c2=O)C(O)[C@H]1O. The third-order valence-corrected chi connectivity index (χ3v) is 3.03. The van der Waals surface area contributed by atoms with Crippen LogP contribution in [0.25, 0.3) is 10.4 Å². The molecule has 1 fully saturated rings. The van der Waals surface area contributed by atoms with Crippen molar-refractivity contribution in [3.63, 3.8) is 0 Å². The number of hydrogen-bond donors (Lipinski definition) is 3. The van der Waals surface area contributed by atoms with Crippen molar-refractivity contribution < 1.29 is 19.7 Å². The van der Waals surface area contributed by atoms with Crippen molar-refractivity contribution in [1.29, 1.82) is 0 Å². The molecule has 0 saturated carbocycles. The van der Waals surface area contributed by atoms with E-state index in [4.69, 9.17) is 15.0 Å². The summed E-state index contributed by atoms with van der Waals surface area (Å²) in [7, 11) is 1.38. The maximum Gasteiger partial charge on any atom is 0.330 e. The van der Waals surface area contributed by atoms with Crippen molar-refractivity contribution in [3.8, 4) is 0 Å². The minimum absolute atomic E-state index is 0.0102. The van der Waals surface area contributed by atoms with E-state index >= 15 is 0 Å². The molecular formula is C10H13N5O6. The van der Waals surface area contributed by atoms with E-state index in [2.05, 4.69) is 10.0 Å². The molecule has 0 bridgehead atoms. The summed E-state index contributed by atoms with van der Waals surface area (Å²) in [6.45, 7) is -0.0102. The van der Waals surface area contributed by atoms with Gasteiger partial charge in [-0.15, -0.1) is 0 Å². The summed E-state index contributed by atoms with van der Waals surface area (Å²) in [6.07, 6.45) is -4.94. The van der Waals surface area contributed by atoms with E-state index in [0.717, 1.165) is 10.6 Å². The van der Waals surface area contributed by atoms with Crippen LogP contribution >= 0.6 is 0 Å². The standard InChI is InChI=1S/C10H13N5O6/c1-20-3-4-7(17)8(18)9(21-4)15-5(13-14-11)2-6(16)12-10(15)19/h2,4,7-9,17-18H,3H2,1H3,(H,12,16,19)/t4-,7+,8?,9-/m1/s1. The average molecular weight is 299 g/mol. The highest BCUT2D eigenvalue weighted by Crippen LogP contribution is 2.30. The van der Waals surface area contributed by atoms with Crippen LogP contribution < -0.4 is 11.2 Å². The molecule has 1 saturated heterocycles. The largest absolute Gasteiger partial charge is 0.387 e. The number of nitrogens with zero attached hydrogens (tertiary/aromatic N) is 4. The lowest BCUT2D eigenvalue weighted by Gasteiger charge is -2.18. The van der Waals surface area contributed by atoms with E-state index in [1.54, 1.807) is 0 Å². The van der Waals surface area contributed by atoms with Crippen molar-refractivity contribution in [2.45, 2.75) is 24.5 Å². The summed E-state index contributed by atoms with van der Waals surface area (Å²) in [5.74, 6) is -0.333. The zero-order valence-corrected chi connectivity index (χ0v) is 10.9. The molecule has 0 amide bonds. The molecule has 11 heteroatoms. The Morgan fingerprint density at radius 1 is 1.52 bits per heavy atom. The van der Waals surface area contributed by atoms with Crippen LogP contribution in [-0.2, 0) is 9.47 Å². The fourth-order valence-electron chi connectivity index (χ4n) is 2.11. The van der Waals surface area contributed by atoms with Gasteiger partial charge in [0.25, 0.3) is 5.56 Å². The molecule has 4 atom stereocenters. The van der Waals surface area contributed by atoms with Crippen LogP contribution in [0.3, 0.4) is 0 Å². The maximum absolute atomic E-state index is 11.9. The second-order valence-electron chi connectivity index (χ2n) is 4.36. The van der Waals surface area contributed by atoms with E-state index in [1.165, 1.54) is 7.11 Å². The van der Waals surface area contributed by atoms with Gasteiger partial charge in [0.05, 0.1) is 6.61 Å². The Morgan fingerprint density at radius 2 is 2.24 bits per heavy atom. The monoisotopic (exact) mass is 299 g/mol. The van der Waals surface area contributed by atoms with E-state index < -0.39 is 35.8 Å². The molecular weight excluding hydrogens is 286 g/mol. The van der Waals surface area contributed by atoms with Gasteiger partial charge in [-0.1, -0.05) is 0 Å². The second kappa shape index (κ2) is 6.08. The minimum atomic E-state index is -1.46. The minimum Gasteiger partial charge on any atom is -0.387 e. The van der Waals surface area contributed by atoms with Gasteiger partial charge in [-0.2, -0.15) is 0 Å². The van der Waals surface area contributed by atoms with E-state index in [-0.39, 0.29) is 12.4 Å². The molecule has 2 rings (SSSR count). The molecule has 0 radical (unpaired) electrons. The smallest absolute Gasteiger partial charge is 0.330 e. The van der Waals surface area contributed by atoms with Gasteiger partial charge in [0, 0.05) is 18.1 Å². The highest BCUT2D eigenvalue weighted by molar-refractivity contribution is 5.26. The number of H-pyrrole nitrogens is 1. The first-order valence-corrected chi connectivity index (χ1v) is 5.91. The Balaban J connectivity index is 2.49. The number of aliphatic hydroxyl groups is 2. The Hall–Kier alpha value is -2.17. The molecule has 1 aliphatic rings. The Labute approximate surface area is 117 Å². The molecule has 21 heavy (non-hydrogen) atoms. The number of aliphatic hydroxyl groups excluding tert-OH is 2. The third kappa shape index (κ3) is 2.82. The maximum atomic E-state index is 11.9. The normalized spacial score (nSPS) is 28.3. The molecule has 11 nitrogen and oxygen atoms in total. The van der Waals surface area contributed by atoms with Crippen LogP contribution in [0.1, 0.15) is 6.23 Å². The highest BCUT2D eigenvalue weighted by Gasteiger charge is 2.44. The van der Waals surface area contributed by atoms with Gasteiger partial charge in [-0.3, -0.25) is 14.3 Å². The highest BCUT2D eigenvalue weighted by atomic mass is 16.6. The molecule has 0 aliphatic carbocycles. The van der Waals surface area contributed by atoms with Gasteiger partial charge in [0.2, 0.25) is 0 Å². The van der Waals surface area contributed by atoms with Crippen LogP contribution in [0.15, 0.2) is 20.8 Å². The van der Waals surface area contributed by atoms with Gasteiger partial charge in [0.1, 0.15) is 24.1 Å². The number of aromatic amines is 1. The molecule has 1 unspecified atom stereocenters. The van der Waals surface area contributed by atoms with Crippen molar-refractivity contribution >= 4 is 5.82 Å². The summed E-state index contributed by atoms with van der Waals surface area (Å²) >= 11 is 0. The van der Waals surface area contributed by atoms with Crippen molar-refractivity contribution in [2.24, 2.45) is 5.11 Å². The van der Waals surface area contributed by atoms with E-state index in [9.17, 15) is 19.8 Å². The quantitative estimate of drug-likeness (QED) is 0.357. The lowest BCUT2D eigenvalue weighted by Crippen LogP contribution is -2.38. The predicted molar refractivity (Wildman–Crippen MR) is 67.9 cm³/mol. The first-order chi connectivity index (χ1) is 9.99. The first kappa shape index (κ1) is 15.2. The zero-order valence-electron chi connectivity index (χ0n) is 10.9. The molecule has 114 valence electrons. The molecule has 2 heterocycles. The van der Waals surface area contributed by atoms with E-state index in [0.29, 0.717) is 0 Å². The number of nitrogens with one attached hydrogen (secondary N) is 1. The number of rotatable bonds is 4. The summed E-state index contributed by atoms with van der Waals surface area (Å²) in [6, 6.07) is 0.882. The van der Waals surface area contributed by atoms with Gasteiger partial charge >= 0.3 is 5.69 Å². The molecule has 1 aliphatic heterocycles. The number of azide groups is 1. The number of methoxy groups -OCH3 is 1. The fraction of sp³-hybridized carbons (Fsp3) is 0.600. The van der Waals surface area contributed by atoms with Crippen molar-refractivity contribution in [1.82, 2.24) is 9.55 Å². The molecule has 1 aromatic heterocycles. The summed E-state index contributed by atoms with van der Waals surface area (Å²) < 4.78 is 11.0. The number of aromatic nitrogens is 2. The van der Waals surface area contributed by atoms with Crippen molar-refractivity contribution in [3.05, 3.63) is 37.3 Å². The van der Waals surface area contributed by atoms with Crippen LogP contribution in [0, 0.1) is 0 Å². The van der Waals surface area contributed by atoms with E-state index in [1.807, 2.05) is 4.98 Å². The topological polar surface area (TPSA) is 163 Å². The summed E-state index contributed by atoms with van der Waals surface area (Å²) in [5.41, 5.74) is 6.79. The molecule has 0 spiro atoms. The summed E-state index contributed by atoms with van der Waals surface area (Å²) in [4.78, 5) is 27.6. The summed E-state index contributed by atoms with van der Waals surface area (Å²) in [5, 5.41) is 23.0. The number of ether oxygens (including phenoxy) is 2. The average Bonchev–Trinajstić information content (AvgIpc) is 2.68. The van der Waals surface area contributed by atoms with Crippen LogP contribution in [0.5, 0.6) is 0 Å². The lowest BCUT2D eigenvalue weighted by atomic mass is 10.1. The lowest BCUT2D eigenvalue weighted by molar-refractivity contribution is -0.0606. The van der Waals surface area contributed by atoms with Gasteiger partial charge in [0.15, 0.2) is 6.23 Å². The zero-order chi connectivity index (χ0) is 15.6. The fourth-order valence-corrected chi connectivity index (χ4v) is 2.11. The van der Waals surface area contributed by atoms with Crippen LogP contribution in [0.4, 0.5) is 5.82 Å². The molecule has 3 N–H and O–H groups in total. The first-order valence-electron chi connectivity index (χ1n) is 5.91. The van der Waals surface area contributed by atoms with Crippen molar-refractivity contribution in [2.75, 3.05) is 13.7 Å². The predicted octanol–water partition coefficient (Wildman–Crippen LogP) is -1.26.